The van der Waals surface area contributed by atoms with Gasteiger partial charge in [0, 0.05) is 20.2 Å². The van der Waals surface area contributed by atoms with Crippen LogP contribution in [0.4, 0.5) is 5.82 Å². The Labute approximate surface area is 94.5 Å². The first-order valence-electron chi connectivity index (χ1n) is 5.08. The normalized spacial score (nSPS) is 10.4. The first-order valence-corrected chi connectivity index (χ1v) is 5.08. The van der Waals surface area contributed by atoms with Crippen LogP contribution in [0, 0.1) is 0 Å². The van der Waals surface area contributed by atoms with Crippen LogP contribution >= 0.6 is 0 Å². The maximum atomic E-state index is 8.95. The molecule has 0 aliphatic carbocycles. The van der Waals surface area contributed by atoms with Crippen molar-refractivity contribution in [1.82, 2.24) is 9.97 Å². The standard InChI is InChI=1S/C10H17N3O3/c1-16-5-3-13(2-4-14)10-7-11-6-9(8-15)12-10/h6-7,14-15H,2-5,8H2,1H3. The van der Waals surface area contributed by atoms with Gasteiger partial charge in [0.05, 0.1) is 37.9 Å². The predicted molar refractivity (Wildman–Crippen MR) is 59.1 cm³/mol. The van der Waals surface area contributed by atoms with E-state index >= 15 is 0 Å². The van der Waals surface area contributed by atoms with E-state index in [1.54, 1.807) is 13.3 Å². The fourth-order valence-corrected chi connectivity index (χ4v) is 1.29. The summed E-state index contributed by atoms with van der Waals surface area (Å²) in [6.45, 7) is 1.53. The first kappa shape index (κ1) is 12.8. The minimum absolute atomic E-state index is 0.0365. The van der Waals surface area contributed by atoms with Gasteiger partial charge in [-0.1, -0.05) is 0 Å². The van der Waals surface area contributed by atoms with Gasteiger partial charge in [0.25, 0.3) is 0 Å². The SMILES string of the molecule is COCCN(CCO)c1cncc(CO)n1. The Morgan fingerprint density at radius 1 is 1.31 bits per heavy atom. The van der Waals surface area contributed by atoms with E-state index in [2.05, 4.69) is 9.97 Å². The minimum Gasteiger partial charge on any atom is -0.395 e. The third-order valence-electron chi connectivity index (χ3n) is 2.09. The molecular weight excluding hydrogens is 210 g/mol. The predicted octanol–water partition coefficient (Wildman–Crippen LogP) is -0.586. The van der Waals surface area contributed by atoms with E-state index in [0.717, 1.165) is 0 Å². The van der Waals surface area contributed by atoms with Gasteiger partial charge in [0.1, 0.15) is 5.82 Å². The quantitative estimate of drug-likeness (QED) is 0.648. The molecule has 0 radical (unpaired) electrons. The molecule has 0 amide bonds. The molecule has 1 aromatic heterocycles. The fraction of sp³-hybridized carbons (Fsp3) is 0.600. The molecular formula is C10H17N3O3. The van der Waals surface area contributed by atoms with E-state index in [1.165, 1.54) is 6.20 Å². The van der Waals surface area contributed by atoms with Gasteiger partial charge in [-0.15, -0.1) is 0 Å². The number of rotatable bonds is 7. The summed E-state index contributed by atoms with van der Waals surface area (Å²) in [4.78, 5) is 10.0. The summed E-state index contributed by atoms with van der Waals surface area (Å²) in [6.07, 6.45) is 3.11. The Kier molecular flexibility index (Phi) is 5.69. The lowest BCUT2D eigenvalue weighted by atomic mass is 10.4. The van der Waals surface area contributed by atoms with Gasteiger partial charge in [-0.05, 0) is 0 Å². The Balaban J connectivity index is 2.73. The van der Waals surface area contributed by atoms with Gasteiger partial charge < -0.3 is 19.8 Å². The summed E-state index contributed by atoms with van der Waals surface area (Å²) in [5.41, 5.74) is 0.512. The van der Waals surface area contributed by atoms with Crippen LogP contribution in [0.5, 0.6) is 0 Å². The molecule has 0 spiro atoms. The Morgan fingerprint density at radius 2 is 2.12 bits per heavy atom. The zero-order valence-corrected chi connectivity index (χ0v) is 9.33. The Morgan fingerprint density at radius 3 is 2.75 bits per heavy atom. The Bertz CT molecular complexity index is 309. The van der Waals surface area contributed by atoms with Crippen molar-refractivity contribution in [2.24, 2.45) is 0 Å². The van der Waals surface area contributed by atoms with Crippen molar-refractivity contribution in [1.29, 1.82) is 0 Å². The van der Waals surface area contributed by atoms with Gasteiger partial charge in [-0.25, -0.2) is 4.98 Å². The lowest BCUT2D eigenvalue weighted by molar-refractivity contribution is 0.202. The number of ether oxygens (including phenoxy) is 1. The number of anilines is 1. The molecule has 6 heteroatoms. The van der Waals surface area contributed by atoms with Gasteiger partial charge in [-0.3, -0.25) is 4.98 Å². The molecule has 0 aliphatic rings. The molecule has 1 rings (SSSR count). The highest BCUT2D eigenvalue weighted by Crippen LogP contribution is 2.09. The van der Waals surface area contributed by atoms with Crippen LogP contribution in [0.1, 0.15) is 5.69 Å². The van der Waals surface area contributed by atoms with Crippen LogP contribution in [-0.4, -0.2) is 53.6 Å². The maximum absolute atomic E-state index is 8.95. The molecule has 6 nitrogen and oxygen atoms in total. The average molecular weight is 227 g/mol. The molecule has 0 atom stereocenters. The van der Waals surface area contributed by atoms with E-state index in [1.807, 2.05) is 4.90 Å². The zero-order valence-electron chi connectivity index (χ0n) is 9.33. The lowest BCUT2D eigenvalue weighted by Crippen LogP contribution is -2.31. The summed E-state index contributed by atoms with van der Waals surface area (Å²) in [5, 5.41) is 17.9. The second-order valence-electron chi connectivity index (χ2n) is 3.23. The van der Waals surface area contributed by atoms with Crippen LogP contribution < -0.4 is 4.90 Å². The first-order chi connectivity index (χ1) is 7.81. The monoisotopic (exact) mass is 227 g/mol. The van der Waals surface area contributed by atoms with Crippen molar-refractivity contribution in [3.05, 3.63) is 18.1 Å². The summed E-state index contributed by atoms with van der Waals surface area (Å²) >= 11 is 0. The van der Waals surface area contributed by atoms with Crippen LogP contribution in [0.25, 0.3) is 0 Å². The molecule has 0 unspecified atom stereocenters. The molecule has 0 aliphatic heterocycles. The number of aliphatic hydroxyl groups excluding tert-OH is 2. The highest BCUT2D eigenvalue weighted by molar-refractivity contribution is 5.36. The molecule has 0 saturated carbocycles. The van der Waals surface area contributed by atoms with Gasteiger partial charge in [0.2, 0.25) is 0 Å². The topological polar surface area (TPSA) is 78.7 Å². The molecule has 1 heterocycles. The van der Waals surface area contributed by atoms with Crippen LogP contribution in [-0.2, 0) is 11.3 Å². The van der Waals surface area contributed by atoms with Crippen LogP contribution in [0.15, 0.2) is 12.4 Å². The van der Waals surface area contributed by atoms with Crippen molar-refractivity contribution >= 4 is 5.82 Å². The number of aromatic nitrogens is 2. The van der Waals surface area contributed by atoms with E-state index in [9.17, 15) is 0 Å². The van der Waals surface area contributed by atoms with Gasteiger partial charge >= 0.3 is 0 Å². The second kappa shape index (κ2) is 7.10. The summed E-state index contributed by atoms with van der Waals surface area (Å²) in [7, 11) is 1.62. The fourth-order valence-electron chi connectivity index (χ4n) is 1.29. The number of hydrogen-bond donors (Lipinski definition) is 2. The number of hydrogen-bond acceptors (Lipinski definition) is 6. The molecule has 90 valence electrons. The zero-order chi connectivity index (χ0) is 11.8. The smallest absolute Gasteiger partial charge is 0.147 e. The molecule has 2 N–H and O–H groups in total. The Hall–Kier alpha value is -1.24. The molecule has 1 aromatic rings. The summed E-state index contributed by atoms with van der Waals surface area (Å²) in [6, 6.07) is 0. The van der Waals surface area contributed by atoms with Gasteiger partial charge in [-0.2, -0.15) is 0 Å². The third kappa shape index (κ3) is 3.73. The molecule has 0 saturated heterocycles. The largest absolute Gasteiger partial charge is 0.395 e. The average Bonchev–Trinajstić information content (AvgIpc) is 2.34. The van der Waals surface area contributed by atoms with Gasteiger partial charge in [0.15, 0.2) is 0 Å². The maximum Gasteiger partial charge on any atom is 0.147 e. The highest BCUT2D eigenvalue weighted by atomic mass is 16.5. The van der Waals surface area contributed by atoms with Crippen molar-refractivity contribution in [2.45, 2.75) is 6.61 Å². The minimum atomic E-state index is -0.141. The highest BCUT2D eigenvalue weighted by Gasteiger charge is 2.08. The van der Waals surface area contributed by atoms with Crippen molar-refractivity contribution < 1.29 is 14.9 Å². The molecule has 0 fully saturated rings. The molecule has 0 aromatic carbocycles. The van der Waals surface area contributed by atoms with E-state index in [0.29, 0.717) is 31.2 Å². The number of aliphatic hydroxyl groups is 2. The van der Waals surface area contributed by atoms with Crippen molar-refractivity contribution in [2.75, 3.05) is 38.3 Å². The van der Waals surface area contributed by atoms with E-state index in [-0.39, 0.29) is 13.2 Å². The number of nitrogens with zero attached hydrogens (tertiary/aromatic N) is 3. The number of methoxy groups -OCH3 is 1. The van der Waals surface area contributed by atoms with E-state index in [4.69, 9.17) is 14.9 Å². The van der Waals surface area contributed by atoms with Crippen molar-refractivity contribution in [3.63, 3.8) is 0 Å². The third-order valence-corrected chi connectivity index (χ3v) is 2.09. The molecule has 16 heavy (non-hydrogen) atoms. The molecule has 0 bridgehead atoms. The van der Waals surface area contributed by atoms with Crippen LogP contribution in [0.3, 0.4) is 0 Å². The van der Waals surface area contributed by atoms with Crippen LogP contribution in [0.2, 0.25) is 0 Å². The second-order valence-corrected chi connectivity index (χ2v) is 3.23. The lowest BCUT2D eigenvalue weighted by Gasteiger charge is -2.22. The van der Waals surface area contributed by atoms with Crippen molar-refractivity contribution in [3.8, 4) is 0 Å². The summed E-state index contributed by atoms with van der Waals surface area (Å²) < 4.78 is 4.98. The summed E-state index contributed by atoms with van der Waals surface area (Å²) in [5.74, 6) is 0.637. The van der Waals surface area contributed by atoms with E-state index < -0.39 is 0 Å².